The minimum Gasteiger partial charge on any atom is -0.379 e. The van der Waals surface area contributed by atoms with Crippen molar-refractivity contribution >= 4 is 0 Å². The van der Waals surface area contributed by atoms with Crippen molar-refractivity contribution < 1.29 is 9.47 Å². The van der Waals surface area contributed by atoms with Gasteiger partial charge in [0.15, 0.2) is 0 Å². The third-order valence-electron chi connectivity index (χ3n) is 23.7. The molecule has 0 bridgehead atoms. The van der Waals surface area contributed by atoms with Crippen LogP contribution in [0.3, 0.4) is 0 Å². The van der Waals surface area contributed by atoms with Crippen LogP contribution in [-0.2, 0) is 42.0 Å². The first kappa shape index (κ1) is 146. The molecule has 6 aliphatic heterocycles. The molecule has 8 nitrogen and oxygen atoms in total. The summed E-state index contributed by atoms with van der Waals surface area (Å²) in [5.74, 6) is 0. The normalized spacial score (nSPS) is 14.6. The second-order valence-electron chi connectivity index (χ2n) is 39.8. The van der Waals surface area contributed by atoms with Gasteiger partial charge in [0.05, 0.1) is 26.4 Å². The maximum absolute atomic E-state index is 5.16. The molecule has 9 aromatic carbocycles. The van der Waals surface area contributed by atoms with Crippen LogP contribution < -0.4 is 0 Å². The summed E-state index contributed by atoms with van der Waals surface area (Å²) in [5.41, 5.74) is 17.6. The van der Waals surface area contributed by atoms with Crippen molar-refractivity contribution in [2.45, 2.75) is 352 Å². The molecule has 8 heteroatoms. The van der Waals surface area contributed by atoms with Crippen molar-refractivity contribution in [3.05, 3.63) is 288 Å². The fourth-order valence-corrected chi connectivity index (χ4v) is 14.8. The number of rotatable bonds is 9. The summed E-state index contributed by atoms with van der Waals surface area (Å²) in [6.45, 7) is 79.8. The van der Waals surface area contributed by atoms with E-state index >= 15 is 0 Å². The lowest BCUT2D eigenvalue weighted by Gasteiger charge is -2.24. The topological polar surface area (TPSA) is 37.9 Å². The summed E-state index contributed by atoms with van der Waals surface area (Å²) in [4.78, 5) is 14.8. The Bertz CT molecular complexity index is 3540. The Kier molecular flexibility index (Phi) is 87.6. The van der Waals surface area contributed by atoms with Gasteiger partial charge in [-0.3, -0.25) is 9.80 Å². The number of ether oxygens (including phenoxy) is 2. The molecule has 0 atom stereocenters. The van der Waals surface area contributed by atoms with Gasteiger partial charge in [-0.25, -0.2) is 0 Å². The van der Waals surface area contributed by atoms with E-state index in [2.05, 4.69) is 432 Å². The summed E-state index contributed by atoms with van der Waals surface area (Å²) < 4.78 is 10.3. The first-order chi connectivity index (χ1) is 59.1. The average molecular weight is 1880 g/mol. The molecule has 0 aliphatic carbocycles. The summed E-state index contributed by atoms with van der Waals surface area (Å²) >= 11 is 0. The molecule has 9 aromatic rings. The number of morpholine rings is 2. The van der Waals surface area contributed by atoms with Crippen molar-refractivity contribution in [2.24, 2.45) is 0 Å². The molecule has 15 rings (SSSR count). The number of hydrogen-bond acceptors (Lipinski definition) is 8. The zero-order valence-corrected chi connectivity index (χ0v) is 83.4. The Morgan fingerprint density at radius 2 is 0.287 bits per heavy atom. The van der Waals surface area contributed by atoms with Crippen LogP contribution in [-0.4, -0.2) is 174 Å². The van der Waals surface area contributed by atoms with Crippen LogP contribution in [0, 0.1) is 0 Å². The largest absolute Gasteiger partial charge is 0.379 e. The zero-order chi connectivity index (χ0) is 91.1. The van der Waals surface area contributed by atoms with Gasteiger partial charge in [-0.05, 0) is 242 Å². The van der Waals surface area contributed by atoms with E-state index < -0.39 is 0 Å². The van der Waals surface area contributed by atoms with Crippen LogP contribution in [0.2, 0.25) is 0 Å². The molecule has 6 heterocycles. The number of benzene rings is 9. The van der Waals surface area contributed by atoms with Crippen LogP contribution >= 0.6 is 0 Å². The summed E-state index contributed by atoms with van der Waals surface area (Å²) in [5, 5.41) is 0. The highest BCUT2D eigenvalue weighted by Crippen LogP contribution is 2.30. The Labute approximate surface area is 851 Å². The second kappa shape index (κ2) is 81.4. The van der Waals surface area contributed by atoms with Crippen LogP contribution in [0.4, 0.5) is 0 Å². The molecule has 136 heavy (non-hydrogen) atoms. The van der Waals surface area contributed by atoms with E-state index in [0.717, 1.165) is 52.6 Å². The van der Waals surface area contributed by atoms with E-state index in [1.54, 1.807) is 0 Å². The van der Waals surface area contributed by atoms with Crippen molar-refractivity contribution in [1.82, 2.24) is 29.4 Å². The molecule has 0 aromatic heterocycles. The first-order valence-corrected chi connectivity index (χ1v) is 48.3. The maximum atomic E-state index is 5.16. The van der Waals surface area contributed by atoms with Crippen LogP contribution in [0.25, 0.3) is 33.4 Å². The third-order valence-corrected chi connectivity index (χ3v) is 23.7. The van der Waals surface area contributed by atoms with Gasteiger partial charge in [-0.1, -0.05) is 523 Å². The highest BCUT2D eigenvalue weighted by molar-refractivity contribution is 5.65. The minimum absolute atomic E-state index is 0. The molecule has 0 radical (unpaired) electrons. The fourth-order valence-electron chi connectivity index (χ4n) is 14.8. The maximum Gasteiger partial charge on any atom is 0.0594 e. The standard InChI is InChI=1S/3C16H18.3C10H14.2C7H15N.2C6H13NO.2C6H13N.12CH4/c3*1-16(2,3)15-11-9-14(10-12-15)13-7-5-4-6-8-13;3*1-10(2,3)9-7-5-4-6-8-9;2*1-2-8-6-4-3-5-7-8;2*1-2-7-3-5-8-6-4-7;2*1-2-7-5-3-4-6-7;;;;;;;;;;;;/h3*4-12H,1-3H3;3*4-8H,1-3H3;2*2-7H2,1H3;2*2-6H2,1H3;2*2-6H2,1H3;12*1H4. The lowest BCUT2D eigenvalue weighted by atomic mass is 9.86. The molecule has 0 saturated carbocycles. The van der Waals surface area contributed by atoms with E-state index in [1.165, 1.54) is 223 Å². The van der Waals surface area contributed by atoms with E-state index in [1.807, 2.05) is 18.2 Å². The Balaban J connectivity index is -0.000000185. The van der Waals surface area contributed by atoms with Crippen LogP contribution in [0.5, 0.6) is 0 Å². The summed E-state index contributed by atoms with van der Waals surface area (Å²) in [7, 11) is 0. The lowest BCUT2D eigenvalue weighted by Crippen LogP contribution is -2.35. The van der Waals surface area contributed by atoms with Crippen LogP contribution in [0.15, 0.2) is 255 Å². The Morgan fingerprint density at radius 1 is 0.162 bits per heavy atom. The number of likely N-dealkylation sites (N-methyl/N-ethyl adjacent to an activating group) is 2. The molecule has 0 spiro atoms. The molecule has 0 N–H and O–H groups in total. The molecule has 6 fully saturated rings. The number of hydrogen-bond donors (Lipinski definition) is 0. The van der Waals surface area contributed by atoms with Gasteiger partial charge in [-0.2, -0.15) is 0 Å². The molecular formula is C128H226N6O2. The van der Waals surface area contributed by atoms with E-state index in [-0.39, 0.29) is 105 Å². The molecular weight excluding hydrogens is 1650 g/mol. The highest BCUT2D eigenvalue weighted by Gasteiger charge is 2.19. The Hall–Kier alpha value is -7.34. The average Bonchev–Trinajstić information content (AvgIpc) is 1.49. The second-order valence-corrected chi connectivity index (χ2v) is 39.8. The first-order valence-electron chi connectivity index (χ1n) is 48.3. The molecule has 0 amide bonds. The number of likely N-dealkylation sites (tertiary alicyclic amines) is 4. The van der Waals surface area contributed by atoms with Gasteiger partial charge in [0.1, 0.15) is 0 Å². The predicted octanol–water partition coefficient (Wildman–Crippen LogP) is 36.4. The van der Waals surface area contributed by atoms with E-state index in [4.69, 9.17) is 9.47 Å². The SMILES string of the molecule is C.C.C.C.C.C.C.C.C.C.C.C.CC(C)(C)c1ccc(-c2ccccc2)cc1.CC(C)(C)c1ccc(-c2ccccc2)cc1.CC(C)(C)c1ccc(-c2ccccc2)cc1.CC(C)(C)c1ccccc1.CC(C)(C)c1ccccc1.CC(C)(C)c1ccccc1.CCN1CCCC1.CCN1CCCC1.CCN1CCCCC1.CCN1CCCCC1.CCN1CCOCC1.CCN1CCOCC1. The lowest BCUT2D eigenvalue weighted by molar-refractivity contribution is 0.0404. The third kappa shape index (κ3) is 64.1. The van der Waals surface area contributed by atoms with Crippen molar-refractivity contribution in [3.8, 4) is 33.4 Å². The van der Waals surface area contributed by atoms with Crippen molar-refractivity contribution in [1.29, 1.82) is 0 Å². The van der Waals surface area contributed by atoms with Crippen LogP contribution in [0.1, 0.15) is 353 Å². The Morgan fingerprint density at radius 3 is 0.412 bits per heavy atom. The molecule has 780 valence electrons. The monoisotopic (exact) mass is 1880 g/mol. The molecule has 6 saturated heterocycles. The molecule has 6 aliphatic rings. The summed E-state index contributed by atoms with van der Waals surface area (Å²) in [6, 6.07) is 89.7. The van der Waals surface area contributed by atoms with Crippen molar-refractivity contribution in [2.75, 3.05) is 144 Å². The van der Waals surface area contributed by atoms with Crippen molar-refractivity contribution in [3.63, 3.8) is 0 Å². The summed E-state index contributed by atoms with van der Waals surface area (Å²) in [6.07, 6.45) is 14.3. The smallest absolute Gasteiger partial charge is 0.0594 e. The predicted molar refractivity (Wildman–Crippen MR) is 628 cm³/mol. The highest BCUT2D eigenvalue weighted by atomic mass is 16.5. The van der Waals surface area contributed by atoms with Gasteiger partial charge in [0.2, 0.25) is 0 Å². The van der Waals surface area contributed by atoms with Gasteiger partial charge in [0.25, 0.3) is 0 Å². The molecule has 0 unspecified atom stereocenters. The van der Waals surface area contributed by atoms with Gasteiger partial charge in [0, 0.05) is 26.2 Å². The fraction of sp³-hybridized carbons (Fsp3) is 0.578. The zero-order valence-electron chi connectivity index (χ0n) is 83.4. The van der Waals surface area contributed by atoms with Gasteiger partial charge < -0.3 is 29.1 Å². The van der Waals surface area contributed by atoms with E-state index in [0.29, 0.717) is 16.2 Å². The van der Waals surface area contributed by atoms with Gasteiger partial charge in [-0.15, -0.1) is 0 Å². The number of piperidine rings is 2. The minimum atomic E-state index is 0. The van der Waals surface area contributed by atoms with Gasteiger partial charge >= 0.3 is 0 Å². The van der Waals surface area contributed by atoms with E-state index in [9.17, 15) is 0 Å². The quantitative estimate of drug-likeness (QED) is 0.142. The number of nitrogens with zero attached hydrogens (tertiary/aromatic N) is 6.